The van der Waals surface area contributed by atoms with Gasteiger partial charge >= 0.3 is 0 Å². The van der Waals surface area contributed by atoms with Gasteiger partial charge in [-0.25, -0.2) is 0 Å². The maximum absolute atomic E-state index is 12.5. The molecule has 0 fully saturated rings. The molecule has 2 rings (SSSR count). The van der Waals surface area contributed by atoms with Crippen LogP contribution in [-0.2, 0) is 27.3 Å². The van der Waals surface area contributed by atoms with Gasteiger partial charge in [0.1, 0.15) is 0 Å². The molecule has 0 saturated carbocycles. The molecule has 0 aromatic heterocycles. The van der Waals surface area contributed by atoms with E-state index in [1.165, 1.54) is 4.90 Å². The molecule has 1 unspecified atom stereocenters. The summed E-state index contributed by atoms with van der Waals surface area (Å²) in [6.45, 7) is 6.15. The van der Waals surface area contributed by atoms with Gasteiger partial charge in [0.2, 0.25) is 17.7 Å². The van der Waals surface area contributed by atoms with Crippen LogP contribution < -0.4 is 11.1 Å². The van der Waals surface area contributed by atoms with Crippen molar-refractivity contribution in [2.24, 2.45) is 5.73 Å². The van der Waals surface area contributed by atoms with Crippen LogP contribution in [0.5, 0.6) is 0 Å². The standard InChI is InChI=1S/C19H28N4O3/c1-19(2,3)21-16(24)11-22(4)17(25)12-23-10-14-8-6-5-7-13(14)9-15(23)18(20)26/h5-8,15H,9-12H2,1-4H3,(H2,20,26)(H,21,24). The van der Waals surface area contributed by atoms with Gasteiger partial charge in [-0.15, -0.1) is 0 Å². The number of carbonyl (C=O) groups is 3. The molecule has 1 aliphatic heterocycles. The molecule has 0 spiro atoms. The molecule has 0 radical (unpaired) electrons. The van der Waals surface area contributed by atoms with Crippen LogP contribution in [0.25, 0.3) is 0 Å². The number of hydrogen-bond acceptors (Lipinski definition) is 4. The molecule has 3 N–H and O–H groups in total. The number of carbonyl (C=O) groups excluding carboxylic acids is 3. The first-order chi connectivity index (χ1) is 12.1. The van der Waals surface area contributed by atoms with Gasteiger partial charge < -0.3 is 16.0 Å². The number of rotatable bonds is 5. The van der Waals surface area contributed by atoms with Crippen molar-refractivity contribution in [3.63, 3.8) is 0 Å². The summed E-state index contributed by atoms with van der Waals surface area (Å²) in [7, 11) is 1.59. The number of primary amides is 1. The van der Waals surface area contributed by atoms with E-state index in [1.807, 2.05) is 45.0 Å². The van der Waals surface area contributed by atoms with E-state index in [2.05, 4.69) is 5.32 Å². The van der Waals surface area contributed by atoms with E-state index in [9.17, 15) is 14.4 Å². The second-order valence-corrected chi connectivity index (χ2v) is 7.84. The van der Waals surface area contributed by atoms with E-state index in [0.717, 1.165) is 11.1 Å². The quantitative estimate of drug-likeness (QED) is 0.788. The van der Waals surface area contributed by atoms with Crippen molar-refractivity contribution < 1.29 is 14.4 Å². The van der Waals surface area contributed by atoms with Gasteiger partial charge in [-0.3, -0.25) is 19.3 Å². The van der Waals surface area contributed by atoms with Crippen molar-refractivity contribution in [1.29, 1.82) is 0 Å². The smallest absolute Gasteiger partial charge is 0.240 e. The highest BCUT2D eigenvalue weighted by molar-refractivity contribution is 5.87. The summed E-state index contributed by atoms with van der Waals surface area (Å²) in [4.78, 5) is 39.6. The van der Waals surface area contributed by atoms with Crippen LogP contribution in [-0.4, -0.2) is 59.2 Å². The van der Waals surface area contributed by atoms with E-state index < -0.39 is 11.9 Å². The van der Waals surface area contributed by atoms with Crippen molar-refractivity contribution in [2.45, 2.75) is 45.3 Å². The van der Waals surface area contributed by atoms with Gasteiger partial charge in [-0.05, 0) is 38.3 Å². The zero-order valence-electron chi connectivity index (χ0n) is 15.9. The fourth-order valence-electron chi connectivity index (χ4n) is 3.08. The third-order valence-corrected chi connectivity index (χ3v) is 4.33. The number of nitrogens with one attached hydrogen (secondary N) is 1. The van der Waals surface area contributed by atoms with Crippen molar-refractivity contribution >= 4 is 17.7 Å². The van der Waals surface area contributed by atoms with E-state index >= 15 is 0 Å². The number of nitrogens with two attached hydrogens (primary N) is 1. The van der Waals surface area contributed by atoms with E-state index in [1.54, 1.807) is 11.9 Å². The number of hydrogen-bond donors (Lipinski definition) is 2. The minimum absolute atomic E-state index is 0.0260. The zero-order valence-corrected chi connectivity index (χ0v) is 15.9. The lowest BCUT2D eigenvalue weighted by Gasteiger charge is -2.35. The van der Waals surface area contributed by atoms with Crippen LogP contribution in [0.4, 0.5) is 0 Å². The third-order valence-electron chi connectivity index (χ3n) is 4.33. The number of benzene rings is 1. The summed E-state index contributed by atoms with van der Waals surface area (Å²) >= 11 is 0. The first-order valence-corrected chi connectivity index (χ1v) is 8.72. The van der Waals surface area contributed by atoms with E-state index in [-0.39, 0.29) is 30.4 Å². The maximum atomic E-state index is 12.5. The highest BCUT2D eigenvalue weighted by atomic mass is 16.2. The molecule has 1 aliphatic rings. The van der Waals surface area contributed by atoms with Gasteiger partial charge in [0.25, 0.3) is 0 Å². The van der Waals surface area contributed by atoms with Crippen LogP contribution in [0.1, 0.15) is 31.9 Å². The van der Waals surface area contributed by atoms with Crippen LogP contribution in [0, 0.1) is 0 Å². The van der Waals surface area contributed by atoms with Crippen LogP contribution in [0.3, 0.4) is 0 Å². The maximum Gasteiger partial charge on any atom is 0.240 e. The lowest BCUT2D eigenvalue weighted by molar-refractivity contribution is -0.137. The monoisotopic (exact) mass is 360 g/mol. The Morgan fingerprint density at radius 1 is 1.23 bits per heavy atom. The molecular weight excluding hydrogens is 332 g/mol. The van der Waals surface area contributed by atoms with Crippen molar-refractivity contribution in [3.8, 4) is 0 Å². The third kappa shape index (κ3) is 5.29. The van der Waals surface area contributed by atoms with Gasteiger partial charge in [-0.2, -0.15) is 0 Å². The number of likely N-dealkylation sites (N-methyl/N-ethyl adjacent to an activating group) is 1. The Kier molecular flexibility index (Phi) is 6.02. The van der Waals surface area contributed by atoms with Crippen molar-refractivity contribution in [3.05, 3.63) is 35.4 Å². The summed E-state index contributed by atoms with van der Waals surface area (Å²) in [5, 5.41) is 2.83. The predicted molar refractivity (Wildman–Crippen MR) is 99.1 cm³/mol. The molecule has 0 bridgehead atoms. The molecule has 7 heteroatoms. The first-order valence-electron chi connectivity index (χ1n) is 8.72. The van der Waals surface area contributed by atoms with Gasteiger partial charge in [0.05, 0.1) is 19.1 Å². The molecule has 7 nitrogen and oxygen atoms in total. The zero-order chi connectivity index (χ0) is 19.5. The summed E-state index contributed by atoms with van der Waals surface area (Å²) in [5.41, 5.74) is 7.36. The number of amides is 3. The Bertz CT molecular complexity index is 696. The average molecular weight is 360 g/mol. The van der Waals surface area contributed by atoms with Gasteiger partial charge in [-0.1, -0.05) is 24.3 Å². The molecular formula is C19H28N4O3. The molecule has 3 amide bonds. The van der Waals surface area contributed by atoms with E-state index in [4.69, 9.17) is 5.73 Å². The molecule has 0 saturated heterocycles. The van der Waals surface area contributed by atoms with Crippen LogP contribution in [0.15, 0.2) is 24.3 Å². The second kappa shape index (κ2) is 7.86. The Labute approximate surface area is 154 Å². The Balaban J connectivity index is 2.02. The predicted octanol–water partition coefficient (Wildman–Crippen LogP) is 0.272. The first kappa shape index (κ1) is 19.9. The Morgan fingerprint density at radius 2 is 1.85 bits per heavy atom. The number of nitrogens with zero attached hydrogens (tertiary/aromatic N) is 2. The normalized spacial score (nSPS) is 17.3. The second-order valence-electron chi connectivity index (χ2n) is 7.84. The summed E-state index contributed by atoms with van der Waals surface area (Å²) < 4.78 is 0. The topological polar surface area (TPSA) is 95.7 Å². The summed E-state index contributed by atoms with van der Waals surface area (Å²) in [6, 6.07) is 7.31. The summed E-state index contributed by atoms with van der Waals surface area (Å²) in [6.07, 6.45) is 0.493. The van der Waals surface area contributed by atoms with Crippen LogP contribution in [0.2, 0.25) is 0 Å². The summed E-state index contributed by atoms with van der Waals surface area (Å²) in [5.74, 6) is -0.885. The molecule has 26 heavy (non-hydrogen) atoms. The average Bonchev–Trinajstić information content (AvgIpc) is 2.51. The van der Waals surface area contributed by atoms with Crippen LogP contribution >= 0.6 is 0 Å². The molecule has 1 heterocycles. The highest BCUT2D eigenvalue weighted by Gasteiger charge is 2.32. The molecule has 1 aromatic rings. The molecule has 1 atom stereocenters. The Morgan fingerprint density at radius 3 is 2.42 bits per heavy atom. The van der Waals surface area contributed by atoms with Gasteiger partial charge in [0, 0.05) is 19.1 Å². The fourth-order valence-corrected chi connectivity index (χ4v) is 3.08. The fraction of sp³-hybridized carbons (Fsp3) is 0.526. The van der Waals surface area contributed by atoms with Crippen molar-refractivity contribution in [1.82, 2.24) is 15.1 Å². The Hall–Kier alpha value is -2.41. The largest absolute Gasteiger partial charge is 0.368 e. The molecule has 142 valence electrons. The lowest BCUT2D eigenvalue weighted by Crippen LogP contribution is -2.53. The van der Waals surface area contributed by atoms with Crippen molar-refractivity contribution in [2.75, 3.05) is 20.1 Å². The number of fused-ring (bicyclic) bond motifs is 1. The SMILES string of the molecule is CN(CC(=O)NC(C)(C)C)C(=O)CN1Cc2ccccc2CC1C(N)=O. The van der Waals surface area contributed by atoms with E-state index in [0.29, 0.717) is 13.0 Å². The minimum Gasteiger partial charge on any atom is -0.368 e. The molecule has 1 aromatic carbocycles. The lowest BCUT2D eigenvalue weighted by atomic mass is 9.93. The minimum atomic E-state index is -0.523. The van der Waals surface area contributed by atoms with Gasteiger partial charge in [0.15, 0.2) is 0 Å². The highest BCUT2D eigenvalue weighted by Crippen LogP contribution is 2.23. The molecule has 0 aliphatic carbocycles.